The van der Waals surface area contributed by atoms with Gasteiger partial charge in [0.15, 0.2) is 5.16 Å². The second-order valence-electron chi connectivity index (χ2n) is 6.71. The van der Waals surface area contributed by atoms with E-state index in [1.165, 1.54) is 16.7 Å². The Morgan fingerprint density at radius 1 is 1.21 bits per heavy atom. The lowest BCUT2D eigenvalue weighted by Crippen LogP contribution is -2.45. The zero-order chi connectivity index (χ0) is 20.5. The minimum absolute atomic E-state index is 0.00257. The van der Waals surface area contributed by atoms with Gasteiger partial charge in [0.25, 0.3) is 0 Å². The Labute approximate surface area is 177 Å². The van der Waals surface area contributed by atoms with E-state index in [0.717, 1.165) is 11.3 Å². The number of fused-ring (bicyclic) bond motifs is 1. The van der Waals surface area contributed by atoms with Crippen LogP contribution in [0.3, 0.4) is 0 Å². The number of hydrogen-bond acceptors (Lipinski definition) is 4. The zero-order valence-electron chi connectivity index (χ0n) is 15.9. The predicted octanol–water partition coefficient (Wildman–Crippen LogP) is 4.30. The van der Waals surface area contributed by atoms with Gasteiger partial charge in [0, 0.05) is 17.4 Å². The van der Waals surface area contributed by atoms with Crippen LogP contribution in [-0.2, 0) is 9.59 Å². The van der Waals surface area contributed by atoms with Gasteiger partial charge in [-0.05, 0) is 43.7 Å². The number of carbonyl (C=O) groups excluding carboxylic acids is 2. The number of hydrogen-bond donors (Lipinski definition) is 1. The van der Waals surface area contributed by atoms with E-state index in [2.05, 4.69) is 10.3 Å². The monoisotopic (exact) mass is 426 g/mol. The number of anilines is 2. The molecule has 0 radical (unpaired) electrons. The van der Waals surface area contributed by atoms with Crippen molar-refractivity contribution in [3.63, 3.8) is 0 Å². The third kappa shape index (κ3) is 3.75. The van der Waals surface area contributed by atoms with Gasteiger partial charge >= 0.3 is 0 Å². The SMILES string of the molecule is Cc1c(Cl)cccc1-n1ccnc1SC(C)C(=O)N1CC(=O)Nc2ccccc21. The summed E-state index contributed by atoms with van der Waals surface area (Å²) in [5.74, 6) is -0.347. The number of nitrogens with one attached hydrogen (secondary N) is 1. The molecule has 0 fully saturated rings. The Balaban J connectivity index is 1.59. The van der Waals surface area contributed by atoms with Crippen LogP contribution in [0, 0.1) is 6.92 Å². The van der Waals surface area contributed by atoms with Gasteiger partial charge < -0.3 is 5.32 Å². The predicted molar refractivity (Wildman–Crippen MR) is 116 cm³/mol. The fourth-order valence-corrected chi connectivity index (χ4v) is 4.38. The van der Waals surface area contributed by atoms with Crippen molar-refractivity contribution in [2.45, 2.75) is 24.3 Å². The largest absolute Gasteiger partial charge is 0.323 e. The molecule has 2 aromatic carbocycles. The third-order valence-corrected chi connectivity index (χ3v) is 6.25. The normalized spacial score (nSPS) is 14.3. The quantitative estimate of drug-likeness (QED) is 0.631. The molecular weight excluding hydrogens is 408 g/mol. The van der Waals surface area contributed by atoms with Crippen LogP contribution in [0.15, 0.2) is 60.0 Å². The summed E-state index contributed by atoms with van der Waals surface area (Å²) in [6, 6.07) is 13.0. The van der Waals surface area contributed by atoms with Gasteiger partial charge in [-0.2, -0.15) is 0 Å². The number of imidazole rings is 1. The summed E-state index contributed by atoms with van der Waals surface area (Å²) in [5.41, 5.74) is 3.21. The molecule has 2 amide bonds. The summed E-state index contributed by atoms with van der Waals surface area (Å²) in [6.45, 7) is 3.78. The molecule has 3 aromatic rings. The van der Waals surface area contributed by atoms with Crippen molar-refractivity contribution < 1.29 is 9.59 Å². The highest BCUT2D eigenvalue weighted by Gasteiger charge is 2.30. The first kappa shape index (κ1) is 19.5. The molecule has 1 aliphatic rings. The highest BCUT2D eigenvalue weighted by atomic mass is 35.5. The fraction of sp³-hybridized carbons (Fsp3) is 0.190. The van der Waals surface area contributed by atoms with Gasteiger partial charge in [0.2, 0.25) is 11.8 Å². The number of para-hydroxylation sites is 2. The van der Waals surface area contributed by atoms with Crippen molar-refractivity contribution in [1.82, 2.24) is 9.55 Å². The van der Waals surface area contributed by atoms with Crippen LogP contribution in [-0.4, -0.2) is 33.2 Å². The minimum atomic E-state index is -0.436. The van der Waals surface area contributed by atoms with Crippen LogP contribution < -0.4 is 10.2 Å². The molecule has 148 valence electrons. The van der Waals surface area contributed by atoms with E-state index in [-0.39, 0.29) is 18.4 Å². The maximum absolute atomic E-state index is 13.2. The molecule has 0 saturated heterocycles. The van der Waals surface area contributed by atoms with E-state index in [1.807, 2.05) is 61.0 Å². The van der Waals surface area contributed by atoms with Crippen molar-refractivity contribution in [3.05, 3.63) is 65.4 Å². The zero-order valence-corrected chi connectivity index (χ0v) is 17.5. The number of rotatable bonds is 4. The number of amides is 2. The average Bonchev–Trinajstić information content (AvgIpc) is 3.16. The van der Waals surface area contributed by atoms with Crippen molar-refractivity contribution in [2.24, 2.45) is 0 Å². The molecule has 1 atom stereocenters. The molecule has 0 bridgehead atoms. The van der Waals surface area contributed by atoms with Gasteiger partial charge in [-0.1, -0.05) is 41.6 Å². The summed E-state index contributed by atoms with van der Waals surface area (Å²) in [6.07, 6.45) is 3.55. The van der Waals surface area contributed by atoms with E-state index in [1.54, 1.807) is 12.3 Å². The van der Waals surface area contributed by atoms with Gasteiger partial charge in [0.05, 0.1) is 22.3 Å². The lowest BCUT2D eigenvalue weighted by atomic mass is 10.2. The lowest BCUT2D eigenvalue weighted by Gasteiger charge is -2.30. The number of thioether (sulfide) groups is 1. The number of aromatic nitrogens is 2. The van der Waals surface area contributed by atoms with Crippen molar-refractivity contribution in [2.75, 3.05) is 16.8 Å². The summed E-state index contributed by atoms with van der Waals surface area (Å²) in [5, 5.41) is 3.73. The fourth-order valence-electron chi connectivity index (χ4n) is 3.28. The average molecular weight is 427 g/mol. The Morgan fingerprint density at radius 2 is 1.97 bits per heavy atom. The summed E-state index contributed by atoms with van der Waals surface area (Å²) < 4.78 is 1.92. The van der Waals surface area contributed by atoms with Gasteiger partial charge in [0.1, 0.15) is 6.54 Å². The molecule has 0 saturated carbocycles. The Morgan fingerprint density at radius 3 is 2.79 bits per heavy atom. The minimum Gasteiger partial charge on any atom is -0.323 e. The van der Waals surface area contributed by atoms with E-state index >= 15 is 0 Å². The van der Waals surface area contributed by atoms with Gasteiger partial charge in [-0.3, -0.25) is 19.1 Å². The smallest absolute Gasteiger partial charge is 0.244 e. The molecule has 2 heterocycles. The van der Waals surface area contributed by atoms with Gasteiger partial charge in [-0.25, -0.2) is 4.98 Å². The van der Waals surface area contributed by atoms with E-state index in [4.69, 9.17) is 11.6 Å². The maximum Gasteiger partial charge on any atom is 0.244 e. The second-order valence-corrected chi connectivity index (χ2v) is 8.43. The summed E-state index contributed by atoms with van der Waals surface area (Å²) >= 11 is 7.61. The van der Waals surface area contributed by atoms with Crippen LogP contribution in [0.25, 0.3) is 5.69 Å². The third-order valence-electron chi connectivity index (χ3n) is 4.77. The summed E-state index contributed by atoms with van der Waals surface area (Å²) in [7, 11) is 0. The number of halogens is 1. The Hall–Kier alpha value is -2.77. The van der Waals surface area contributed by atoms with Crippen molar-refractivity contribution in [1.29, 1.82) is 0 Å². The molecule has 0 aliphatic carbocycles. The first-order valence-electron chi connectivity index (χ1n) is 9.11. The molecular formula is C21H19ClN4O2S. The standard InChI is InChI=1S/C21H19ClN4O2S/c1-13-15(22)6-5-9-17(13)25-11-10-23-21(25)29-14(2)20(28)26-12-19(27)24-16-7-3-4-8-18(16)26/h3-11,14H,12H2,1-2H3,(H,24,27). The van der Waals surface area contributed by atoms with E-state index < -0.39 is 5.25 Å². The number of carbonyl (C=O) groups is 2. The molecule has 0 spiro atoms. The van der Waals surface area contributed by atoms with Crippen LogP contribution in [0.5, 0.6) is 0 Å². The van der Waals surface area contributed by atoms with Crippen molar-refractivity contribution in [3.8, 4) is 5.69 Å². The second kappa shape index (κ2) is 7.93. The maximum atomic E-state index is 13.2. The molecule has 29 heavy (non-hydrogen) atoms. The van der Waals surface area contributed by atoms with Gasteiger partial charge in [-0.15, -0.1) is 0 Å². The topological polar surface area (TPSA) is 67.2 Å². The van der Waals surface area contributed by atoms with Crippen LogP contribution in [0.1, 0.15) is 12.5 Å². The van der Waals surface area contributed by atoms with Crippen molar-refractivity contribution >= 4 is 46.6 Å². The summed E-state index contributed by atoms with van der Waals surface area (Å²) in [4.78, 5) is 31.2. The first-order valence-corrected chi connectivity index (χ1v) is 10.4. The van der Waals surface area contributed by atoms with E-state index in [9.17, 15) is 9.59 Å². The Bertz CT molecular complexity index is 1100. The molecule has 1 unspecified atom stereocenters. The molecule has 1 N–H and O–H groups in total. The highest BCUT2D eigenvalue weighted by Crippen LogP contribution is 2.33. The Kier molecular flexibility index (Phi) is 5.34. The van der Waals surface area contributed by atoms with E-state index in [0.29, 0.717) is 21.6 Å². The molecule has 1 aliphatic heterocycles. The molecule has 4 rings (SSSR count). The number of nitrogens with zero attached hydrogens (tertiary/aromatic N) is 3. The number of benzene rings is 2. The molecule has 8 heteroatoms. The highest BCUT2D eigenvalue weighted by molar-refractivity contribution is 8.00. The van der Waals surface area contributed by atoms with Crippen LogP contribution in [0.4, 0.5) is 11.4 Å². The lowest BCUT2D eigenvalue weighted by molar-refractivity contribution is -0.121. The van der Waals surface area contributed by atoms with Crippen LogP contribution >= 0.6 is 23.4 Å². The molecule has 1 aromatic heterocycles. The molecule has 6 nitrogen and oxygen atoms in total. The first-order chi connectivity index (χ1) is 14.0. The van der Waals surface area contributed by atoms with Crippen LogP contribution in [0.2, 0.25) is 5.02 Å².